The minimum absolute atomic E-state index is 0.0108. The quantitative estimate of drug-likeness (QED) is 0.387. The lowest BCUT2D eigenvalue weighted by Crippen LogP contribution is -2.35. The second kappa shape index (κ2) is 8.43. The van der Waals surface area contributed by atoms with E-state index in [9.17, 15) is 13.6 Å². The molecule has 0 aromatic heterocycles. The Balaban J connectivity index is 1.79. The maximum atomic E-state index is 12.7. The zero-order valence-electron chi connectivity index (χ0n) is 15.1. The van der Waals surface area contributed by atoms with Crippen LogP contribution in [-0.4, -0.2) is 43.2 Å². The van der Waals surface area contributed by atoms with Crippen LogP contribution in [0.4, 0.5) is 8.78 Å². The van der Waals surface area contributed by atoms with Gasteiger partial charge in [0.2, 0.25) is 5.91 Å². The van der Waals surface area contributed by atoms with Gasteiger partial charge in [0.15, 0.2) is 11.5 Å². The third-order valence-corrected chi connectivity index (χ3v) is 5.00. The first-order valence-electron chi connectivity index (χ1n) is 8.97. The minimum atomic E-state index is -2.92. The smallest absolute Gasteiger partial charge is 0.387 e. The normalized spacial score (nSPS) is 21.9. The molecule has 1 heterocycles. The van der Waals surface area contributed by atoms with Crippen molar-refractivity contribution in [3.8, 4) is 11.5 Å². The van der Waals surface area contributed by atoms with Gasteiger partial charge >= 0.3 is 6.61 Å². The molecule has 1 amide bonds. The molecule has 1 saturated heterocycles. The number of likely N-dealkylation sites (tertiary alicyclic amines) is 1. The molecule has 1 aliphatic carbocycles. The number of benzene rings is 1. The molecule has 2 fully saturated rings. The Morgan fingerprint density at radius 3 is 2.81 bits per heavy atom. The van der Waals surface area contributed by atoms with Crippen molar-refractivity contribution in [2.45, 2.75) is 44.8 Å². The van der Waals surface area contributed by atoms with Gasteiger partial charge in [-0.05, 0) is 48.4 Å². The van der Waals surface area contributed by atoms with Crippen molar-refractivity contribution in [1.82, 2.24) is 4.90 Å². The summed E-state index contributed by atoms with van der Waals surface area (Å²) in [6, 6.07) is 4.76. The minimum Gasteiger partial charge on any atom is -0.489 e. The van der Waals surface area contributed by atoms with Crippen LogP contribution in [0.2, 0.25) is 0 Å². The van der Waals surface area contributed by atoms with Gasteiger partial charge in [0.25, 0.3) is 0 Å². The van der Waals surface area contributed by atoms with Gasteiger partial charge in [-0.15, -0.1) is 0 Å². The second-order valence-corrected chi connectivity index (χ2v) is 7.01. The third kappa shape index (κ3) is 5.01. The lowest BCUT2D eigenvalue weighted by Gasteiger charge is -2.21. The Kier molecular flexibility index (Phi) is 6.01. The van der Waals surface area contributed by atoms with E-state index < -0.39 is 6.61 Å². The Morgan fingerprint density at radius 2 is 2.19 bits per heavy atom. The molecule has 1 saturated carbocycles. The van der Waals surface area contributed by atoms with Gasteiger partial charge in [-0.2, -0.15) is 8.78 Å². The van der Waals surface area contributed by atoms with E-state index >= 15 is 0 Å². The van der Waals surface area contributed by atoms with Crippen LogP contribution >= 0.6 is 0 Å². The molecule has 9 heteroatoms. The molecule has 1 aromatic carbocycles. The van der Waals surface area contributed by atoms with Crippen molar-refractivity contribution >= 4 is 5.91 Å². The summed E-state index contributed by atoms with van der Waals surface area (Å²) in [4.78, 5) is 16.3. The first-order valence-corrected chi connectivity index (χ1v) is 8.97. The molecule has 1 aliphatic heterocycles. The molecule has 27 heavy (non-hydrogen) atoms. The van der Waals surface area contributed by atoms with Gasteiger partial charge in [-0.1, -0.05) is 11.2 Å². The second-order valence-electron chi connectivity index (χ2n) is 7.01. The standard InChI is InChI=1S/C18H22F2N4O3/c1-11(25)24-9-14(6-15(24)8-22-23-21)13-4-5-16(27-18(19)20)17(7-13)26-10-12-2-3-12/h4-5,7,12,14-15,18H,2-3,6,8-10H2,1H3/t14-,15-/m1/s1. The molecule has 0 N–H and O–H groups in total. The lowest BCUT2D eigenvalue weighted by molar-refractivity contribution is -0.129. The van der Waals surface area contributed by atoms with E-state index in [0.717, 1.165) is 18.4 Å². The van der Waals surface area contributed by atoms with Crippen LogP contribution in [0.15, 0.2) is 23.3 Å². The average molecular weight is 380 g/mol. The lowest BCUT2D eigenvalue weighted by atomic mass is 9.96. The fourth-order valence-electron chi connectivity index (χ4n) is 3.42. The molecule has 0 unspecified atom stereocenters. The van der Waals surface area contributed by atoms with Crippen LogP contribution in [0.3, 0.4) is 0 Å². The molecule has 0 spiro atoms. The summed E-state index contributed by atoms with van der Waals surface area (Å²) in [7, 11) is 0. The molecular weight excluding hydrogens is 358 g/mol. The Morgan fingerprint density at radius 1 is 1.41 bits per heavy atom. The largest absolute Gasteiger partial charge is 0.489 e. The van der Waals surface area contributed by atoms with E-state index in [1.165, 1.54) is 13.0 Å². The van der Waals surface area contributed by atoms with E-state index in [4.69, 9.17) is 10.3 Å². The van der Waals surface area contributed by atoms with Crippen molar-refractivity contribution in [2.75, 3.05) is 19.7 Å². The summed E-state index contributed by atoms with van der Waals surface area (Å²) < 4.78 is 35.6. The number of azide groups is 1. The topological polar surface area (TPSA) is 87.5 Å². The van der Waals surface area contributed by atoms with E-state index in [1.807, 2.05) is 0 Å². The summed E-state index contributed by atoms with van der Waals surface area (Å²) in [5, 5.41) is 3.59. The molecule has 0 radical (unpaired) electrons. The molecule has 146 valence electrons. The first kappa shape index (κ1) is 19.2. The number of hydrogen-bond donors (Lipinski definition) is 0. The summed E-state index contributed by atoms with van der Waals surface area (Å²) in [6.45, 7) is -0.267. The van der Waals surface area contributed by atoms with E-state index in [1.54, 1.807) is 17.0 Å². The highest BCUT2D eigenvalue weighted by molar-refractivity contribution is 5.74. The van der Waals surface area contributed by atoms with Gasteiger partial charge in [-0.3, -0.25) is 4.79 Å². The van der Waals surface area contributed by atoms with Gasteiger partial charge < -0.3 is 14.4 Å². The Bertz CT molecular complexity index is 735. The van der Waals surface area contributed by atoms with Crippen molar-refractivity contribution in [3.05, 3.63) is 34.2 Å². The van der Waals surface area contributed by atoms with Crippen LogP contribution in [0.5, 0.6) is 11.5 Å². The SMILES string of the molecule is CC(=O)N1C[C@H](c2ccc(OC(F)F)c(OCC3CC3)c2)C[C@@H]1CN=[N+]=[N-]. The molecule has 2 aliphatic rings. The Labute approximate surface area is 155 Å². The van der Waals surface area contributed by atoms with Crippen LogP contribution in [-0.2, 0) is 4.79 Å². The van der Waals surface area contributed by atoms with Crippen LogP contribution in [0.1, 0.15) is 37.7 Å². The van der Waals surface area contributed by atoms with Crippen molar-refractivity contribution in [1.29, 1.82) is 0 Å². The number of nitrogens with zero attached hydrogens (tertiary/aromatic N) is 4. The fraction of sp³-hybridized carbons (Fsp3) is 0.611. The number of amides is 1. The molecule has 7 nitrogen and oxygen atoms in total. The molecule has 3 rings (SSSR count). The number of ether oxygens (including phenoxy) is 2. The number of halogens is 2. The molecular formula is C18H22F2N4O3. The fourth-order valence-corrected chi connectivity index (χ4v) is 3.42. The molecule has 0 bridgehead atoms. The zero-order chi connectivity index (χ0) is 19.4. The molecule has 1 aromatic rings. The van der Waals surface area contributed by atoms with Crippen LogP contribution < -0.4 is 9.47 Å². The Hall–Kier alpha value is -2.54. The third-order valence-electron chi connectivity index (χ3n) is 5.00. The number of rotatable bonds is 8. The summed E-state index contributed by atoms with van der Waals surface area (Å²) in [6.07, 6.45) is 2.81. The van der Waals surface area contributed by atoms with Gasteiger partial charge in [0, 0.05) is 36.9 Å². The van der Waals surface area contributed by atoms with Crippen LogP contribution in [0, 0.1) is 5.92 Å². The van der Waals surface area contributed by atoms with Gasteiger partial charge in [-0.25, -0.2) is 0 Å². The zero-order valence-corrected chi connectivity index (χ0v) is 15.1. The number of alkyl halides is 2. The predicted octanol–water partition coefficient (Wildman–Crippen LogP) is 4.09. The number of hydrogen-bond acceptors (Lipinski definition) is 4. The first-order chi connectivity index (χ1) is 13.0. The monoisotopic (exact) mass is 380 g/mol. The number of carbonyl (C=O) groups excluding carboxylic acids is 1. The van der Waals surface area contributed by atoms with Crippen molar-refractivity contribution < 1.29 is 23.0 Å². The highest BCUT2D eigenvalue weighted by Crippen LogP contribution is 2.38. The molecule has 2 atom stereocenters. The summed E-state index contributed by atoms with van der Waals surface area (Å²) in [5.41, 5.74) is 9.43. The maximum absolute atomic E-state index is 12.7. The van der Waals surface area contributed by atoms with E-state index in [0.29, 0.717) is 31.2 Å². The van der Waals surface area contributed by atoms with E-state index in [-0.39, 0.29) is 30.2 Å². The maximum Gasteiger partial charge on any atom is 0.387 e. The van der Waals surface area contributed by atoms with Crippen LogP contribution in [0.25, 0.3) is 10.4 Å². The highest BCUT2D eigenvalue weighted by atomic mass is 19.3. The summed E-state index contributed by atoms with van der Waals surface area (Å²) in [5.74, 6) is 0.713. The van der Waals surface area contributed by atoms with Crippen molar-refractivity contribution in [2.24, 2.45) is 11.0 Å². The number of carbonyl (C=O) groups is 1. The van der Waals surface area contributed by atoms with E-state index in [2.05, 4.69) is 14.8 Å². The highest BCUT2D eigenvalue weighted by Gasteiger charge is 2.34. The van der Waals surface area contributed by atoms with Crippen molar-refractivity contribution in [3.63, 3.8) is 0 Å². The summed E-state index contributed by atoms with van der Waals surface area (Å²) >= 11 is 0. The van der Waals surface area contributed by atoms with Gasteiger partial charge in [0.05, 0.1) is 6.61 Å². The predicted molar refractivity (Wildman–Crippen MR) is 93.8 cm³/mol. The average Bonchev–Trinajstić information content (AvgIpc) is 3.35. The van der Waals surface area contributed by atoms with Gasteiger partial charge in [0.1, 0.15) is 0 Å².